The average Bonchev–Trinajstić information content (AvgIpc) is 1.95. The van der Waals surface area contributed by atoms with Crippen molar-refractivity contribution < 1.29 is 13.5 Å². The van der Waals surface area contributed by atoms with Crippen LogP contribution in [-0.4, -0.2) is 18.6 Å². The number of rotatable bonds is 6. The quantitative estimate of drug-likeness (QED) is 0.629. The summed E-state index contributed by atoms with van der Waals surface area (Å²) in [5, 5.41) is 0. The van der Waals surface area contributed by atoms with Crippen molar-refractivity contribution in [2.45, 2.75) is 52.6 Å². The largest absolute Gasteiger partial charge is 0.372 e. The summed E-state index contributed by atoms with van der Waals surface area (Å²) < 4.78 is 30.0. The van der Waals surface area contributed by atoms with Crippen LogP contribution in [0.4, 0.5) is 8.78 Å². The molecule has 0 saturated carbocycles. The van der Waals surface area contributed by atoms with Crippen LogP contribution in [0, 0.1) is 5.92 Å². The SMILES string of the molecule is CCC(CC(C)C)OCC(C)(F)F. The molecular formula is C10H20F2O. The lowest BCUT2D eigenvalue weighted by atomic mass is 10.0. The van der Waals surface area contributed by atoms with Gasteiger partial charge < -0.3 is 4.74 Å². The summed E-state index contributed by atoms with van der Waals surface area (Å²) in [6.45, 7) is 6.51. The van der Waals surface area contributed by atoms with Gasteiger partial charge in [0.2, 0.25) is 0 Å². The first-order valence-corrected chi connectivity index (χ1v) is 4.84. The lowest BCUT2D eigenvalue weighted by Crippen LogP contribution is -2.25. The van der Waals surface area contributed by atoms with Gasteiger partial charge in [-0.2, -0.15) is 0 Å². The van der Waals surface area contributed by atoms with E-state index < -0.39 is 12.5 Å². The van der Waals surface area contributed by atoms with Gasteiger partial charge in [0.25, 0.3) is 5.92 Å². The first-order valence-electron chi connectivity index (χ1n) is 4.84. The van der Waals surface area contributed by atoms with Gasteiger partial charge in [0, 0.05) is 6.92 Å². The van der Waals surface area contributed by atoms with E-state index in [0.29, 0.717) is 5.92 Å². The van der Waals surface area contributed by atoms with Gasteiger partial charge in [-0.1, -0.05) is 20.8 Å². The van der Waals surface area contributed by atoms with E-state index in [-0.39, 0.29) is 6.10 Å². The maximum absolute atomic E-state index is 12.4. The molecule has 13 heavy (non-hydrogen) atoms. The number of hydrogen-bond acceptors (Lipinski definition) is 1. The molecule has 0 saturated heterocycles. The maximum atomic E-state index is 12.4. The molecule has 1 atom stereocenters. The standard InChI is InChI=1S/C10H20F2O/c1-5-9(6-8(2)3)13-7-10(4,11)12/h8-9H,5-7H2,1-4H3. The number of halogens is 2. The van der Waals surface area contributed by atoms with Crippen molar-refractivity contribution in [2.75, 3.05) is 6.61 Å². The minimum Gasteiger partial charge on any atom is -0.372 e. The van der Waals surface area contributed by atoms with Gasteiger partial charge >= 0.3 is 0 Å². The molecular weight excluding hydrogens is 174 g/mol. The minimum absolute atomic E-state index is 0.0224. The predicted molar refractivity (Wildman–Crippen MR) is 50.1 cm³/mol. The summed E-state index contributed by atoms with van der Waals surface area (Å²) >= 11 is 0. The van der Waals surface area contributed by atoms with Crippen LogP contribution in [0.5, 0.6) is 0 Å². The molecule has 0 aliphatic heterocycles. The van der Waals surface area contributed by atoms with Crippen LogP contribution in [0.1, 0.15) is 40.5 Å². The zero-order valence-electron chi connectivity index (χ0n) is 8.94. The molecule has 0 spiro atoms. The molecule has 0 heterocycles. The molecule has 3 heteroatoms. The Balaban J connectivity index is 3.72. The van der Waals surface area contributed by atoms with E-state index in [1.807, 2.05) is 6.92 Å². The van der Waals surface area contributed by atoms with Crippen molar-refractivity contribution in [3.05, 3.63) is 0 Å². The Labute approximate surface area is 79.5 Å². The van der Waals surface area contributed by atoms with E-state index in [0.717, 1.165) is 19.8 Å². The molecule has 80 valence electrons. The maximum Gasteiger partial charge on any atom is 0.268 e. The molecule has 1 unspecified atom stereocenters. The molecule has 0 aliphatic carbocycles. The Morgan fingerprint density at radius 3 is 2.15 bits per heavy atom. The normalized spacial score (nSPS) is 15.0. The lowest BCUT2D eigenvalue weighted by molar-refractivity contribution is -0.0915. The molecule has 0 bridgehead atoms. The highest BCUT2D eigenvalue weighted by Crippen LogP contribution is 2.17. The van der Waals surface area contributed by atoms with E-state index in [2.05, 4.69) is 13.8 Å². The topological polar surface area (TPSA) is 9.23 Å². The lowest BCUT2D eigenvalue weighted by Gasteiger charge is -2.20. The van der Waals surface area contributed by atoms with Crippen molar-refractivity contribution in [1.82, 2.24) is 0 Å². The van der Waals surface area contributed by atoms with Crippen molar-refractivity contribution in [1.29, 1.82) is 0 Å². The van der Waals surface area contributed by atoms with E-state index in [9.17, 15) is 8.78 Å². The fourth-order valence-electron chi connectivity index (χ4n) is 1.14. The van der Waals surface area contributed by atoms with Crippen LogP contribution in [0.2, 0.25) is 0 Å². The third-order valence-corrected chi connectivity index (χ3v) is 1.76. The average molecular weight is 194 g/mol. The highest BCUT2D eigenvalue weighted by atomic mass is 19.3. The van der Waals surface area contributed by atoms with Gasteiger partial charge in [-0.15, -0.1) is 0 Å². The minimum atomic E-state index is -2.70. The summed E-state index contributed by atoms with van der Waals surface area (Å²) in [5.41, 5.74) is 0. The van der Waals surface area contributed by atoms with Gasteiger partial charge in [-0.25, -0.2) is 8.78 Å². The second-order valence-corrected chi connectivity index (χ2v) is 4.04. The number of alkyl halides is 2. The Kier molecular flexibility index (Phi) is 5.45. The fourth-order valence-corrected chi connectivity index (χ4v) is 1.14. The molecule has 0 amide bonds. The number of ether oxygens (including phenoxy) is 1. The van der Waals surface area contributed by atoms with Crippen LogP contribution in [0.15, 0.2) is 0 Å². The Morgan fingerprint density at radius 2 is 1.85 bits per heavy atom. The molecule has 0 N–H and O–H groups in total. The van der Waals surface area contributed by atoms with Gasteiger partial charge in [-0.05, 0) is 18.8 Å². The highest BCUT2D eigenvalue weighted by Gasteiger charge is 2.23. The predicted octanol–water partition coefficient (Wildman–Crippen LogP) is 3.48. The second kappa shape index (κ2) is 5.53. The van der Waals surface area contributed by atoms with Gasteiger partial charge in [0.15, 0.2) is 0 Å². The highest BCUT2D eigenvalue weighted by molar-refractivity contribution is 4.62. The van der Waals surface area contributed by atoms with E-state index in [4.69, 9.17) is 4.74 Å². The van der Waals surface area contributed by atoms with E-state index >= 15 is 0 Å². The molecule has 0 rings (SSSR count). The zero-order chi connectivity index (χ0) is 10.5. The van der Waals surface area contributed by atoms with Crippen molar-refractivity contribution in [3.63, 3.8) is 0 Å². The third-order valence-electron chi connectivity index (χ3n) is 1.76. The summed E-state index contributed by atoms with van der Waals surface area (Å²) in [6.07, 6.45) is 1.63. The molecule has 0 fully saturated rings. The van der Waals surface area contributed by atoms with Crippen LogP contribution >= 0.6 is 0 Å². The van der Waals surface area contributed by atoms with Crippen LogP contribution in [0.3, 0.4) is 0 Å². The summed E-state index contributed by atoms with van der Waals surface area (Å²) in [5.74, 6) is -2.21. The molecule has 0 aromatic heterocycles. The van der Waals surface area contributed by atoms with E-state index in [1.54, 1.807) is 0 Å². The second-order valence-electron chi connectivity index (χ2n) is 4.04. The molecule has 0 aromatic rings. The smallest absolute Gasteiger partial charge is 0.268 e. The first-order chi connectivity index (χ1) is 5.85. The van der Waals surface area contributed by atoms with Crippen LogP contribution in [0.25, 0.3) is 0 Å². The molecule has 0 aliphatic rings. The number of hydrogen-bond donors (Lipinski definition) is 0. The monoisotopic (exact) mass is 194 g/mol. The Hall–Kier alpha value is -0.180. The summed E-state index contributed by atoms with van der Waals surface area (Å²) in [6, 6.07) is 0. The van der Waals surface area contributed by atoms with Gasteiger partial charge in [0.05, 0.1) is 6.10 Å². The van der Waals surface area contributed by atoms with Crippen LogP contribution in [-0.2, 0) is 4.74 Å². The van der Waals surface area contributed by atoms with Crippen molar-refractivity contribution in [3.8, 4) is 0 Å². The van der Waals surface area contributed by atoms with Crippen molar-refractivity contribution in [2.24, 2.45) is 5.92 Å². The van der Waals surface area contributed by atoms with E-state index in [1.165, 1.54) is 0 Å². The molecule has 0 aromatic carbocycles. The van der Waals surface area contributed by atoms with Gasteiger partial charge in [-0.3, -0.25) is 0 Å². The summed E-state index contributed by atoms with van der Waals surface area (Å²) in [4.78, 5) is 0. The zero-order valence-corrected chi connectivity index (χ0v) is 8.94. The third kappa shape index (κ3) is 8.16. The fraction of sp³-hybridized carbons (Fsp3) is 1.00. The summed E-state index contributed by atoms with van der Waals surface area (Å²) in [7, 11) is 0. The van der Waals surface area contributed by atoms with Crippen LogP contribution < -0.4 is 0 Å². The Bertz CT molecular complexity index is 129. The molecule has 1 nitrogen and oxygen atoms in total. The molecule has 0 radical (unpaired) electrons. The van der Waals surface area contributed by atoms with Gasteiger partial charge in [0.1, 0.15) is 6.61 Å². The Morgan fingerprint density at radius 1 is 1.31 bits per heavy atom. The van der Waals surface area contributed by atoms with Crippen molar-refractivity contribution >= 4 is 0 Å². The first kappa shape index (κ1) is 12.8.